The predicted octanol–water partition coefficient (Wildman–Crippen LogP) is 2.39. The summed E-state index contributed by atoms with van der Waals surface area (Å²) in [6.45, 7) is 16.7. The lowest BCUT2D eigenvalue weighted by Crippen LogP contribution is -2.51. The van der Waals surface area contributed by atoms with Gasteiger partial charge in [0.25, 0.3) is 0 Å². The van der Waals surface area contributed by atoms with Gasteiger partial charge in [-0.25, -0.2) is 0 Å². The zero-order valence-corrected chi connectivity index (χ0v) is 16.5. The van der Waals surface area contributed by atoms with Crippen LogP contribution in [-0.4, -0.2) is 68.2 Å². The van der Waals surface area contributed by atoms with Crippen LogP contribution >= 0.6 is 0 Å². The molecule has 0 spiro atoms. The second-order valence-electron chi connectivity index (χ2n) is 8.61. The van der Waals surface area contributed by atoms with Crippen LogP contribution in [0.25, 0.3) is 0 Å². The standard InChI is InChI=1S/C20H42N4/c1-17(2)5-6-20(15-18(3)19-7-9-22-16-19)24-13-11-23(12-14-24)10-4-8-21/h17-20,22H,4-16,21H2,1-3H3. The molecule has 3 N–H and O–H groups in total. The number of hydrogen-bond donors (Lipinski definition) is 2. The molecule has 4 nitrogen and oxygen atoms in total. The molecule has 0 bridgehead atoms. The Morgan fingerprint density at radius 1 is 1.08 bits per heavy atom. The molecule has 2 heterocycles. The number of nitrogens with one attached hydrogen (secondary N) is 1. The Balaban J connectivity index is 1.83. The van der Waals surface area contributed by atoms with Crippen molar-refractivity contribution in [3.8, 4) is 0 Å². The van der Waals surface area contributed by atoms with E-state index in [1.807, 2.05) is 0 Å². The molecule has 3 unspecified atom stereocenters. The quantitative estimate of drug-likeness (QED) is 0.642. The van der Waals surface area contributed by atoms with Crippen molar-refractivity contribution in [3.63, 3.8) is 0 Å². The van der Waals surface area contributed by atoms with Crippen molar-refractivity contribution in [2.75, 3.05) is 52.4 Å². The third-order valence-electron chi connectivity index (χ3n) is 6.23. The van der Waals surface area contributed by atoms with Crippen LogP contribution in [0.4, 0.5) is 0 Å². The Hall–Kier alpha value is -0.160. The van der Waals surface area contributed by atoms with Crippen molar-refractivity contribution in [2.45, 2.75) is 58.9 Å². The molecular weight excluding hydrogens is 296 g/mol. The van der Waals surface area contributed by atoms with Crippen LogP contribution in [0.5, 0.6) is 0 Å². The SMILES string of the molecule is CC(C)CCC(CC(C)C1CCNC1)N1CCN(CCCN)CC1. The molecule has 0 aliphatic carbocycles. The molecule has 3 atom stereocenters. The number of piperazine rings is 1. The van der Waals surface area contributed by atoms with E-state index in [0.29, 0.717) is 0 Å². The van der Waals surface area contributed by atoms with Crippen molar-refractivity contribution >= 4 is 0 Å². The van der Waals surface area contributed by atoms with Gasteiger partial charge in [0.2, 0.25) is 0 Å². The average molecular weight is 339 g/mol. The first-order chi connectivity index (χ1) is 11.6. The van der Waals surface area contributed by atoms with Crippen LogP contribution < -0.4 is 11.1 Å². The van der Waals surface area contributed by atoms with E-state index in [0.717, 1.165) is 36.8 Å². The van der Waals surface area contributed by atoms with E-state index in [-0.39, 0.29) is 0 Å². The van der Waals surface area contributed by atoms with E-state index in [9.17, 15) is 0 Å². The average Bonchev–Trinajstić information content (AvgIpc) is 3.11. The van der Waals surface area contributed by atoms with Crippen LogP contribution in [0.2, 0.25) is 0 Å². The first kappa shape index (κ1) is 20.2. The van der Waals surface area contributed by atoms with Gasteiger partial charge in [-0.3, -0.25) is 4.90 Å². The minimum atomic E-state index is 0.791. The molecule has 0 saturated carbocycles. The summed E-state index contributed by atoms with van der Waals surface area (Å²) in [7, 11) is 0. The molecule has 142 valence electrons. The lowest BCUT2D eigenvalue weighted by Gasteiger charge is -2.41. The van der Waals surface area contributed by atoms with Gasteiger partial charge in [-0.1, -0.05) is 20.8 Å². The van der Waals surface area contributed by atoms with Gasteiger partial charge in [-0.05, 0) is 76.0 Å². The van der Waals surface area contributed by atoms with E-state index in [2.05, 4.69) is 35.9 Å². The summed E-state index contributed by atoms with van der Waals surface area (Å²) in [5.74, 6) is 2.58. The summed E-state index contributed by atoms with van der Waals surface area (Å²) < 4.78 is 0. The van der Waals surface area contributed by atoms with Gasteiger partial charge in [0.1, 0.15) is 0 Å². The molecule has 0 aromatic carbocycles. The Kier molecular flexibility index (Phi) is 9.02. The smallest absolute Gasteiger partial charge is 0.0113 e. The Bertz CT molecular complexity index is 320. The van der Waals surface area contributed by atoms with E-state index in [1.54, 1.807) is 0 Å². The van der Waals surface area contributed by atoms with Crippen molar-refractivity contribution in [1.29, 1.82) is 0 Å². The van der Waals surface area contributed by atoms with Crippen LogP contribution in [0.3, 0.4) is 0 Å². The third-order valence-corrected chi connectivity index (χ3v) is 6.23. The zero-order chi connectivity index (χ0) is 17.4. The summed E-state index contributed by atoms with van der Waals surface area (Å²) in [5.41, 5.74) is 5.66. The molecule has 4 heteroatoms. The fourth-order valence-electron chi connectivity index (χ4n) is 4.43. The van der Waals surface area contributed by atoms with Gasteiger partial charge in [-0.15, -0.1) is 0 Å². The second kappa shape index (κ2) is 10.7. The van der Waals surface area contributed by atoms with E-state index < -0.39 is 0 Å². The van der Waals surface area contributed by atoms with Gasteiger partial charge < -0.3 is 16.0 Å². The molecular formula is C20H42N4. The molecule has 0 aromatic rings. The van der Waals surface area contributed by atoms with Gasteiger partial charge in [-0.2, -0.15) is 0 Å². The molecule has 2 aliphatic heterocycles. The summed E-state index contributed by atoms with van der Waals surface area (Å²) >= 11 is 0. The number of hydrogen-bond acceptors (Lipinski definition) is 4. The number of nitrogens with two attached hydrogens (primary N) is 1. The second-order valence-corrected chi connectivity index (χ2v) is 8.61. The predicted molar refractivity (Wildman–Crippen MR) is 104 cm³/mol. The Morgan fingerprint density at radius 2 is 1.83 bits per heavy atom. The van der Waals surface area contributed by atoms with Gasteiger partial charge >= 0.3 is 0 Å². The van der Waals surface area contributed by atoms with Crippen LogP contribution in [0.1, 0.15) is 52.9 Å². The van der Waals surface area contributed by atoms with Crippen molar-refractivity contribution in [2.24, 2.45) is 23.5 Å². The monoisotopic (exact) mass is 338 g/mol. The fraction of sp³-hybridized carbons (Fsp3) is 1.00. The Labute approximate surface area is 150 Å². The number of nitrogens with zero attached hydrogens (tertiary/aromatic N) is 2. The summed E-state index contributed by atoms with van der Waals surface area (Å²) in [6.07, 6.45) is 6.66. The van der Waals surface area contributed by atoms with E-state index in [4.69, 9.17) is 5.73 Å². The normalized spacial score (nSPS) is 26.1. The minimum Gasteiger partial charge on any atom is -0.330 e. The third kappa shape index (κ3) is 6.62. The molecule has 2 aliphatic rings. The van der Waals surface area contributed by atoms with Gasteiger partial charge in [0.05, 0.1) is 0 Å². The molecule has 0 aromatic heterocycles. The summed E-state index contributed by atoms with van der Waals surface area (Å²) in [6, 6.07) is 0.791. The molecule has 24 heavy (non-hydrogen) atoms. The minimum absolute atomic E-state index is 0.791. The van der Waals surface area contributed by atoms with E-state index >= 15 is 0 Å². The lowest BCUT2D eigenvalue weighted by atomic mass is 9.85. The van der Waals surface area contributed by atoms with Crippen molar-refractivity contribution < 1.29 is 0 Å². The summed E-state index contributed by atoms with van der Waals surface area (Å²) in [5, 5.41) is 3.55. The topological polar surface area (TPSA) is 44.5 Å². The molecule has 0 radical (unpaired) electrons. The molecule has 2 rings (SSSR count). The van der Waals surface area contributed by atoms with Crippen molar-refractivity contribution in [3.05, 3.63) is 0 Å². The molecule has 2 fully saturated rings. The summed E-state index contributed by atoms with van der Waals surface area (Å²) in [4.78, 5) is 5.41. The van der Waals surface area contributed by atoms with E-state index in [1.165, 1.54) is 71.5 Å². The number of rotatable bonds is 10. The fourth-order valence-corrected chi connectivity index (χ4v) is 4.43. The maximum absolute atomic E-state index is 5.66. The Morgan fingerprint density at radius 3 is 2.42 bits per heavy atom. The first-order valence-corrected chi connectivity index (χ1v) is 10.5. The molecule has 0 amide bonds. The highest BCUT2D eigenvalue weighted by Gasteiger charge is 2.28. The highest BCUT2D eigenvalue weighted by atomic mass is 15.3. The molecule has 2 saturated heterocycles. The van der Waals surface area contributed by atoms with Crippen LogP contribution in [0, 0.1) is 17.8 Å². The highest BCUT2D eigenvalue weighted by molar-refractivity contribution is 4.84. The maximum atomic E-state index is 5.66. The van der Waals surface area contributed by atoms with Crippen LogP contribution in [0.15, 0.2) is 0 Å². The van der Waals surface area contributed by atoms with Gasteiger partial charge in [0.15, 0.2) is 0 Å². The maximum Gasteiger partial charge on any atom is 0.0113 e. The zero-order valence-electron chi connectivity index (χ0n) is 16.5. The lowest BCUT2D eigenvalue weighted by molar-refractivity contribution is 0.0743. The van der Waals surface area contributed by atoms with Crippen molar-refractivity contribution in [1.82, 2.24) is 15.1 Å². The highest BCUT2D eigenvalue weighted by Crippen LogP contribution is 2.27. The first-order valence-electron chi connectivity index (χ1n) is 10.5. The largest absolute Gasteiger partial charge is 0.330 e. The van der Waals surface area contributed by atoms with Crippen LogP contribution in [-0.2, 0) is 0 Å². The van der Waals surface area contributed by atoms with Gasteiger partial charge in [0, 0.05) is 32.2 Å².